The first-order chi connectivity index (χ1) is 8.74. The summed E-state index contributed by atoms with van der Waals surface area (Å²) in [7, 11) is 0. The van der Waals surface area contributed by atoms with Gasteiger partial charge in [-0.05, 0) is 31.9 Å². The number of carbonyl (C=O) groups is 1. The molecular formula is C14H24N2OS. The van der Waals surface area contributed by atoms with Crippen molar-refractivity contribution in [3.63, 3.8) is 0 Å². The fourth-order valence-corrected chi connectivity index (χ4v) is 4.88. The van der Waals surface area contributed by atoms with Crippen LogP contribution < -0.4 is 5.32 Å². The van der Waals surface area contributed by atoms with Crippen LogP contribution in [0.2, 0.25) is 0 Å². The van der Waals surface area contributed by atoms with E-state index in [1.807, 2.05) is 11.8 Å². The van der Waals surface area contributed by atoms with Crippen molar-refractivity contribution in [2.75, 3.05) is 19.3 Å². The van der Waals surface area contributed by atoms with Crippen molar-refractivity contribution >= 4 is 17.7 Å². The van der Waals surface area contributed by atoms with Crippen LogP contribution >= 0.6 is 11.8 Å². The highest BCUT2D eigenvalue weighted by atomic mass is 32.2. The van der Waals surface area contributed by atoms with Crippen LogP contribution in [0, 0.1) is 0 Å². The molecule has 0 aromatic carbocycles. The molecular weight excluding hydrogens is 244 g/mol. The summed E-state index contributed by atoms with van der Waals surface area (Å²) in [4.78, 5) is 14.0. The molecule has 18 heavy (non-hydrogen) atoms. The highest BCUT2D eigenvalue weighted by molar-refractivity contribution is 8.00. The van der Waals surface area contributed by atoms with E-state index in [0.29, 0.717) is 22.7 Å². The third-order valence-electron chi connectivity index (χ3n) is 5.11. The van der Waals surface area contributed by atoms with E-state index in [1.54, 1.807) is 0 Å². The lowest BCUT2D eigenvalue weighted by Crippen LogP contribution is -2.45. The van der Waals surface area contributed by atoms with Crippen LogP contribution in [0.3, 0.4) is 0 Å². The molecule has 0 radical (unpaired) electrons. The van der Waals surface area contributed by atoms with Gasteiger partial charge in [-0.1, -0.05) is 12.8 Å². The van der Waals surface area contributed by atoms with Crippen molar-refractivity contribution in [2.45, 2.75) is 61.8 Å². The highest BCUT2D eigenvalue weighted by Gasteiger charge is 2.43. The monoisotopic (exact) mass is 268 g/mol. The number of nitrogens with zero attached hydrogens (tertiary/aromatic N) is 1. The maximum atomic E-state index is 11.9. The standard InChI is InChI=1S/C14H24N2OS/c1-18-14(6-2-3-7-14)10-15-11-9-13(17)16-8-4-5-12(11)16/h11-12,15H,2-10H2,1H3. The summed E-state index contributed by atoms with van der Waals surface area (Å²) in [5, 5.41) is 3.73. The lowest BCUT2D eigenvalue weighted by atomic mass is 10.0. The Kier molecular flexibility index (Phi) is 3.59. The van der Waals surface area contributed by atoms with Crippen LogP contribution in [-0.2, 0) is 4.79 Å². The van der Waals surface area contributed by atoms with Crippen molar-refractivity contribution in [2.24, 2.45) is 0 Å². The zero-order chi connectivity index (χ0) is 12.6. The Morgan fingerprint density at radius 1 is 1.39 bits per heavy atom. The molecule has 4 heteroatoms. The number of hydrogen-bond donors (Lipinski definition) is 1. The molecule has 2 saturated heterocycles. The molecule has 1 saturated carbocycles. The zero-order valence-corrected chi connectivity index (χ0v) is 12.1. The number of carbonyl (C=O) groups excluding carboxylic acids is 1. The average molecular weight is 268 g/mol. The van der Waals surface area contributed by atoms with Crippen LogP contribution in [0.4, 0.5) is 0 Å². The van der Waals surface area contributed by atoms with Gasteiger partial charge in [0.25, 0.3) is 0 Å². The van der Waals surface area contributed by atoms with Crippen LogP contribution in [0.25, 0.3) is 0 Å². The molecule has 102 valence electrons. The molecule has 0 spiro atoms. The lowest BCUT2D eigenvalue weighted by Gasteiger charge is -2.30. The normalized spacial score (nSPS) is 34.3. The van der Waals surface area contributed by atoms with Crippen LogP contribution in [0.1, 0.15) is 44.9 Å². The van der Waals surface area contributed by atoms with Crippen molar-refractivity contribution in [1.82, 2.24) is 10.2 Å². The Labute approximate surface area is 114 Å². The summed E-state index contributed by atoms with van der Waals surface area (Å²) < 4.78 is 0.453. The predicted octanol–water partition coefficient (Wildman–Crippen LogP) is 2.02. The number of hydrogen-bond acceptors (Lipinski definition) is 3. The van der Waals surface area contributed by atoms with Crippen LogP contribution in [0.15, 0.2) is 0 Å². The van der Waals surface area contributed by atoms with Crippen molar-refractivity contribution in [3.05, 3.63) is 0 Å². The first kappa shape index (κ1) is 12.8. The quantitative estimate of drug-likeness (QED) is 0.846. The van der Waals surface area contributed by atoms with Gasteiger partial charge in [0.2, 0.25) is 5.91 Å². The van der Waals surface area contributed by atoms with Gasteiger partial charge in [0, 0.05) is 36.3 Å². The maximum Gasteiger partial charge on any atom is 0.224 e. The van der Waals surface area contributed by atoms with E-state index in [2.05, 4.69) is 16.5 Å². The summed E-state index contributed by atoms with van der Waals surface area (Å²) >= 11 is 2.03. The summed E-state index contributed by atoms with van der Waals surface area (Å²) in [6.07, 6.45) is 10.8. The molecule has 2 heterocycles. The molecule has 3 fully saturated rings. The van der Waals surface area contributed by atoms with Gasteiger partial charge in [-0.2, -0.15) is 11.8 Å². The molecule has 1 amide bonds. The molecule has 3 aliphatic rings. The van der Waals surface area contributed by atoms with Crippen molar-refractivity contribution in [3.8, 4) is 0 Å². The van der Waals surface area contributed by atoms with E-state index in [-0.39, 0.29) is 0 Å². The second-order valence-electron chi connectivity index (χ2n) is 6.08. The second-order valence-corrected chi connectivity index (χ2v) is 7.36. The number of nitrogens with one attached hydrogen (secondary N) is 1. The van der Waals surface area contributed by atoms with Crippen molar-refractivity contribution < 1.29 is 4.79 Å². The van der Waals surface area contributed by atoms with Crippen LogP contribution in [-0.4, -0.2) is 47.0 Å². The number of amides is 1. The third-order valence-corrected chi connectivity index (χ3v) is 6.53. The number of rotatable bonds is 4. The van der Waals surface area contributed by atoms with Crippen LogP contribution in [0.5, 0.6) is 0 Å². The lowest BCUT2D eigenvalue weighted by molar-refractivity contribution is -0.127. The second kappa shape index (κ2) is 5.04. The molecule has 2 unspecified atom stereocenters. The largest absolute Gasteiger partial charge is 0.338 e. The molecule has 3 nitrogen and oxygen atoms in total. The predicted molar refractivity (Wildman–Crippen MR) is 75.9 cm³/mol. The van der Waals surface area contributed by atoms with E-state index in [9.17, 15) is 4.79 Å². The van der Waals surface area contributed by atoms with Gasteiger partial charge in [-0.3, -0.25) is 4.79 Å². The topological polar surface area (TPSA) is 32.3 Å². The minimum Gasteiger partial charge on any atom is -0.338 e. The summed E-state index contributed by atoms with van der Waals surface area (Å²) in [5.41, 5.74) is 0. The Bertz CT molecular complexity index is 328. The van der Waals surface area contributed by atoms with Gasteiger partial charge >= 0.3 is 0 Å². The summed E-state index contributed by atoms with van der Waals surface area (Å²) in [6.45, 7) is 2.09. The molecule has 1 N–H and O–H groups in total. The van der Waals surface area contributed by atoms with E-state index >= 15 is 0 Å². The van der Waals surface area contributed by atoms with Gasteiger partial charge in [0.15, 0.2) is 0 Å². The van der Waals surface area contributed by atoms with E-state index in [0.717, 1.165) is 19.5 Å². The first-order valence-corrected chi connectivity index (χ1v) is 8.55. The van der Waals surface area contributed by atoms with Gasteiger partial charge < -0.3 is 10.2 Å². The molecule has 3 rings (SSSR count). The minimum atomic E-state index is 0.375. The van der Waals surface area contributed by atoms with E-state index in [4.69, 9.17) is 0 Å². The third kappa shape index (κ3) is 2.18. The fraction of sp³-hybridized carbons (Fsp3) is 0.929. The molecule has 0 bridgehead atoms. The summed E-state index contributed by atoms with van der Waals surface area (Å²) in [5.74, 6) is 0.375. The molecule has 2 aliphatic heterocycles. The average Bonchev–Trinajstić information content (AvgIpc) is 3.06. The van der Waals surface area contributed by atoms with Gasteiger partial charge in [0.05, 0.1) is 0 Å². The molecule has 0 aromatic rings. The Hall–Kier alpha value is -0.220. The van der Waals surface area contributed by atoms with Gasteiger partial charge in [-0.25, -0.2) is 0 Å². The number of fused-ring (bicyclic) bond motifs is 1. The fourth-order valence-electron chi connectivity index (χ4n) is 3.96. The maximum absolute atomic E-state index is 11.9. The van der Waals surface area contributed by atoms with E-state index in [1.165, 1.54) is 38.5 Å². The zero-order valence-electron chi connectivity index (χ0n) is 11.3. The smallest absolute Gasteiger partial charge is 0.224 e. The molecule has 1 aliphatic carbocycles. The SMILES string of the molecule is CSC1(CNC2CC(=O)N3CCCC23)CCCC1. The summed E-state index contributed by atoms with van der Waals surface area (Å²) in [6, 6.07) is 0.919. The van der Waals surface area contributed by atoms with Crippen molar-refractivity contribution in [1.29, 1.82) is 0 Å². The highest BCUT2D eigenvalue weighted by Crippen LogP contribution is 2.40. The number of thioether (sulfide) groups is 1. The van der Waals surface area contributed by atoms with E-state index < -0.39 is 0 Å². The minimum absolute atomic E-state index is 0.375. The Balaban J connectivity index is 1.58. The first-order valence-electron chi connectivity index (χ1n) is 7.32. The van der Waals surface area contributed by atoms with Gasteiger partial charge in [0.1, 0.15) is 0 Å². The Morgan fingerprint density at radius 3 is 2.89 bits per heavy atom. The Morgan fingerprint density at radius 2 is 2.17 bits per heavy atom. The molecule has 2 atom stereocenters. The molecule has 0 aromatic heterocycles. The van der Waals surface area contributed by atoms with Gasteiger partial charge in [-0.15, -0.1) is 0 Å².